The van der Waals surface area contributed by atoms with Crippen LogP contribution in [0.1, 0.15) is 31.2 Å². The Morgan fingerprint density at radius 2 is 1.95 bits per heavy atom. The van der Waals surface area contributed by atoms with Crippen molar-refractivity contribution in [2.75, 3.05) is 0 Å². The molecule has 1 amide bonds. The normalized spacial score (nSPS) is 14.2. The molecule has 1 aromatic rings. The Labute approximate surface area is 110 Å². The van der Waals surface area contributed by atoms with Gasteiger partial charge in [0.2, 0.25) is 5.91 Å². The molecule has 1 aliphatic carbocycles. The number of nitrogens with zero attached hydrogens (tertiary/aromatic N) is 1. The van der Waals surface area contributed by atoms with Gasteiger partial charge in [0.1, 0.15) is 5.82 Å². The summed E-state index contributed by atoms with van der Waals surface area (Å²) in [5.41, 5.74) is 0.470. The van der Waals surface area contributed by atoms with Crippen molar-refractivity contribution in [1.82, 2.24) is 4.90 Å². The molecule has 1 saturated carbocycles. The molecule has 0 unspecified atom stereocenters. The van der Waals surface area contributed by atoms with Crippen LogP contribution < -0.4 is 0 Å². The Bertz CT molecular complexity index is 485. The fraction of sp³-hybridized carbons (Fsp3) is 0.429. The maximum Gasteiger partial charge on any atom is 0.303 e. The maximum atomic E-state index is 13.6. The molecule has 1 N–H and O–H groups in total. The van der Waals surface area contributed by atoms with Crippen LogP contribution in [0.3, 0.4) is 0 Å². The first-order chi connectivity index (χ1) is 9.08. The molecule has 0 spiro atoms. The number of aliphatic carboxylic acids is 1. The van der Waals surface area contributed by atoms with Crippen LogP contribution >= 0.6 is 0 Å². The molecular weight excluding hydrogens is 249 g/mol. The fourth-order valence-corrected chi connectivity index (χ4v) is 1.97. The second-order valence-electron chi connectivity index (χ2n) is 4.74. The van der Waals surface area contributed by atoms with Crippen LogP contribution in [0.4, 0.5) is 4.39 Å². The third kappa shape index (κ3) is 3.77. The standard InChI is InChI=1S/C14H16FNO3/c15-12-4-2-1-3-10(12)9-16(11-5-6-11)13(17)7-8-14(18)19/h1-4,11H,5-9H2,(H,18,19). The Hall–Kier alpha value is -1.91. The predicted molar refractivity (Wildman–Crippen MR) is 66.8 cm³/mol. The average molecular weight is 265 g/mol. The van der Waals surface area contributed by atoms with E-state index in [4.69, 9.17) is 5.11 Å². The third-order valence-corrected chi connectivity index (χ3v) is 3.16. The van der Waals surface area contributed by atoms with Gasteiger partial charge in [-0.15, -0.1) is 0 Å². The molecule has 0 atom stereocenters. The molecule has 1 aliphatic rings. The molecule has 0 bridgehead atoms. The summed E-state index contributed by atoms with van der Waals surface area (Å²) in [5.74, 6) is -1.54. The second-order valence-corrected chi connectivity index (χ2v) is 4.74. The molecule has 2 rings (SSSR count). The lowest BCUT2D eigenvalue weighted by molar-refractivity contribution is -0.141. The first-order valence-corrected chi connectivity index (χ1v) is 6.32. The van der Waals surface area contributed by atoms with Gasteiger partial charge in [0.25, 0.3) is 0 Å². The number of carboxylic acids is 1. The van der Waals surface area contributed by atoms with Crippen molar-refractivity contribution in [3.05, 3.63) is 35.6 Å². The first kappa shape index (κ1) is 13.5. The molecule has 0 aromatic heterocycles. The van der Waals surface area contributed by atoms with Gasteiger partial charge >= 0.3 is 5.97 Å². The minimum Gasteiger partial charge on any atom is -0.481 e. The Balaban J connectivity index is 2.02. The summed E-state index contributed by atoms with van der Waals surface area (Å²) in [7, 11) is 0. The van der Waals surface area contributed by atoms with E-state index in [0.717, 1.165) is 12.8 Å². The minimum absolute atomic E-state index is 0.0275. The van der Waals surface area contributed by atoms with Gasteiger partial charge in [-0.1, -0.05) is 18.2 Å². The van der Waals surface area contributed by atoms with Crippen LogP contribution in [-0.4, -0.2) is 27.9 Å². The Kier molecular flexibility index (Phi) is 4.14. The predicted octanol–water partition coefficient (Wildman–Crippen LogP) is 2.18. The summed E-state index contributed by atoms with van der Waals surface area (Å²) in [4.78, 5) is 24.1. The zero-order valence-corrected chi connectivity index (χ0v) is 10.5. The van der Waals surface area contributed by atoms with Crippen LogP contribution in [0.5, 0.6) is 0 Å². The molecule has 1 aromatic carbocycles. The summed E-state index contributed by atoms with van der Waals surface area (Å²) < 4.78 is 13.6. The fourth-order valence-electron chi connectivity index (χ4n) is 1.97. The molecule has 0 radical (unpaired) electrons. The van der Waals surface area contributed by atoms with Gasteiger partial charge in [-0.3, -0.25) is 9.59 Å². The molecule has 0 aliphatic heterocycles. The van der Waals surface area contributed by atoms with Gasteiger partial charge in [-0.05, 0) is 18.9 Å². The van der Waals surface area contributed by atoms with Crippen molar-refractivity contribution < 1.29 is 19.1 Å². The van der Waals surface area contributed by atoms with Gasteiger partial charge in [0, 0.05) is 24.6 Å². The molecule has 1 fully saturated rings. The van der Waals surface area contributed by atoms with Crippen molar-refractivity contribution >= 4 is 11.9 Å². The summed E-state index contributed by atoms with van der Waals surface area (Å²) in [6, 6.07) is 6.48. The monoisotopic (exact) mass is 265 g/mol. The van der Waals surface area contributed by atoms with Crippen molar-refractivity contribution in [3.8, 4) is 0 Å². The van der Waals surface area contributed by atoms with E-state index in [-0.39, 0.29) is 37.2 Å². The van der Waals surface area contributed by atoms with Gasteiger partial charge in [-0.25, -0.2) is 4.39 Å². The highest BCUT2D eigenvalue weighted by atomic mass is 19.1. The Morgan fingerprint density at radius 3 is 2.53 bits per heavy atom. The van der Waals surface area contributed by atoms with E-state index in [0.29, 0.717) is 5.56 Å². The number of carbonyl (C=O) groups is 2. The van der Waals surface area contributed by atoms with Gasteiger partial charge in [0.15, 0.2) is 0 Å². The average Bonchev–Trinajstić information content (AvgIpc) is 3.19. The lowest BCUT2D eigenvalue weighted by Gasteiger charge is -2.22. The van der Waals surface area contributed by atoms with Crippen molar-refractivity contribution in [2.24, 2.45) is 0 Å². The summed E-state index contributed by atoms with van der Waals surface area (Å²) in [6.45, 7) is 0.218. The van der Waals surface area contributed by atoms with Crippen LogP contribution in [0.2, 0.25) is 0 Å². The van der Waals surface area contributed by atoms with Crippen LogP contribution in [0.25, 0.3) is 0 Å². The number of amides is 1. The van der Waals surface area contributed by atoms with E-state index < -0.39 is 5.97 Å². The van der Waals surface area contributed by atoms with E-state index in [1.165, 1.54) is 6.07 Å². The van der Waals surface area contributed by atoms with E-state index in [2.05, 4.69) is 0 Å². The van der Waals surface area contributed by atoms with E-state index in [9.17, 15) is 14.0 Å². The smallest absolute Gasteiger partial charge is 0.303 e. The zero-order valence-electron chi connectivity index (χ0n) is 10.5. The number of hydrogen-bond donors (Lipinski definition) is 1. The van der Waals surface area contributed by atoms with Gasteiger partial charge in [-0.2, -0.15) is 0 Å². The molecular formula is C14H16FNO3. The third-order valence-electron chi connectivity index (χ3n) is 3.16. The van der Waals surface area contributed by atoms with Crippen molar-refractivity contribution in [2.45, 2.75) is 38.3 Å². The number of hydrogen-bond acceptors (Lipinski definition) is 2. The van der Waals surface area contributed by atoms with Crippen molar-refractivity contribution in [3.63, 3.8) is 0 Å². The van der Waals surface area contributed by atoms with Crippen molar-refractivity contribution in [1.29, 1.82) is 0 Å². The molecule has 4 nitrogen and oxygen atoms in total. The Morgan fingerprint density at radius 1 is 1.26 bits per heavy atom. The highest BCUT2D eigenvalue weighted by molar-refractivity contribution is 5.81. The maximum absolute atomic E-state index is 13.6. The lowest BCUT2D eigenvalue weighted by Crippen LogP contribution is -2.33. The number of carboxylic acid groups (broad SMARTS) is 1. The summed E-state index contributed by atoms with van der Waals surface area (Å²) in [6.07, 6.45) is 1.61. The summed E-state index contributed by atoms with van der Waals surface area (Å²) >= 11 is 0. The number of rotatable bonds is 6. The molecule has 5 heteroatoms. The molecule has 19 heavy (non-hydrogen) atoms. The number of halogens is 1. The molecule has 0 heterocycles. The van der Waals surface area contributed by atoms with E-state index in [1.807, 2.05) is 0 Å². The first-order valence-electron chi connectivity index (χ1n) is 6.32. The van der Waals surface area contributed by atoms with Gasteiger partial charge in [0.05, 0.1) is 6.42 Å². The molecule has 102 valence electrons. The highest BCUT2D eigenvalue weighted by Gasteiger charge is 2.32. The van der Waals surface area contributed by atoms with E-state index >= 15 is 0 Å². The topological polar surface area (TPSA) is 57.6 Å². The number of benzene rings is 1. The van der Waals surface area contributed by atoms with Crippen LogP contribution in [0, 0.1) is 5.82 Å². The second kappa shape index (κ2) is 5.82. The highest BCUT2D eigenvalue weighted by Crippen LogP contribution is 2.29. The minimum atomic E-state index is -0.991. The SMILES string of the molecule is O=C(O)CCC(=O)N(Cc1ccccc1F)C1CC1. The largest absolute Gasteiger partial charge is 0.481 e. The summed E-state index contributed by atoms with van der Waals surface area (Å²) in [5, 5.41) is 8.60. The zero-order chi connectivity index (χ0) is 13.8. The van der Waals surface area contributed by atoms with Gasteiger partial charge < -0.3 is 10.0 Å². The lowest BCUT2D eigenvalue weighted by atomic mass is 10.2. The van der Waals surface area contributed by atoms with Crippen LogP contribution in [-0.2, 0) is 16.1 Å². The molecule has 0 saturated heterocycles. The quantitative estimate of drug-likeness (QED) is 0.857. The van der Waals surface area contributed by atoms with E-state index in [1.54, 1.807) is 23.1 Å². The number of carbonyl (C=O) groups excluding carboxylic acids is 1. The van der Waals surface area contributed by atoms with Crippen LogP contribution in [0.15, 0.2) is 24.3 Å².